The minimum atomic E-state index is -3.71. The summed E-state index contributed by atoms with van der Waals surface area (Å²) in [7, 11) is -3.71. The molecule has 0 bridgehead atoms. The predicted molar refractivity (Wildman–Crippen MR) is 73.7 cm³/mol. The molecule has 1 heterocycles. The van der Waals surface area contributed by atoms with Gasteiger partial charge in [-0.15, -0.1) is 0 Å². The molecule has 1 amide bonds. The Hall–Kier alpha value is -1.44. The number of nitrogens with two attached hydrogens (primary N) is 1. The standard InChI is InChI=1S/C13H18N2O4S/c1-9-4-5-11(7-12(9)13(14)17)20(18,19)15-6-2-3-10(15)8-16/h4-5,7,10,16H,2-3,6,8H2,1H3,(H2,14,17). The van der Waals surface area contributed by atoms with Crippen LogP contribution in [0.2, 0.25) is 0 Å². The maximum absolute atomic E-state index is 12.6. The van der Waals surface area contributed by atoms with E-state index in [-0.39, 0.29) is 17.1 Å². The van der Waals surface area contributed by atoms with Gasteiger partial charge in [-0.25, -0.2) is 8.42 Å². The molecule has 0 saturated carbocycles. The van der Waals surface area contributed by atoms with Gasteiger partial charge in [0.2, 0.25) is 15.9 Å². The highest BCUT2D eigenvalue weighted by Gasteiger charge is 2.35. The molecule has 1 aliphatic heterocycles. The molecule has 1 saturated heterocycles. The fourth-order valence-corrected chi connectivity index (χ4v) is 4.18. The molecule has 0 aliphatic carbocycles. The number of amides is 1. The number of primary amides is 1. The number of benzene rings is 1. The number of carbonyl (C=O) groups is 1. The van der Waals surface area contributed by atoms with Crippen LogP contribution in [-0.4, -0.2) is 42.9 Å². The van der Waals surface area contributed by atoms with Crippen LogP contribution in [0, 0.1) is 6.92 Å². The smallest absolute Gasteiger partial charge is 0.249 e. The number of aliphatic hydroxyl groups excluding tert-OH is 1. The van der Waals surface area contributed by atoms with E-state index in [4.69, 9.17) is 5.73 Å². The monoisotopic (exact) mass is 298 g/mol. The average Bonchev–Trinajstić information content (AvgIpc) is 2.87. The summed E-state index contributed by atoms with van der Waals surface area (Å²) in [6.07, 6.45) is 1.36. The fraction of sp³-hybridized carbons (Fsp3) is 0.462. The number of nitrogens with zero attached hydrogens (tertiary/aromatic N) is 1. The van der Waals surface area contributed by atoms with Crippen LogP contribution in [0.15, 0.2) is 23.1 Å². The quantitative estimate of drug-likeness (QED) is 0.831. The Morgan fingerprint density at radius 2 is 2.20 bits per heavy atom. The van der Waals surface area contributed by atoms with Gasteiger partial charge in [-0.3, -0.25) is 4.79 Å². The number of aliphatic hydroxyl groups is 1. The first-order valence-corrected chi connectivity index (χ1v) is 7.85. The Morgan fingerprint density at radius 3 is 2.80 bits per heavy atom. The van der Waals surface area contributed by atoms with Gasteiger partial charge < -0.3 is 10.8 Å². The molecule has 1 aromatic rings. The van der Waals surface area contributed by atoms with Crippen LogP contribution in [-0.2, 0) is 10.0 Å². The van der Waals surface area contributed by atoms with E-state index in [2.05, 4.69) is 0 Å². The zero-order valence-electron chi connectivity index (χ0n) is 11.2. The Balaban J connectivity index is 2.44. The van der Waals surface area contributed by atoms with Crippen molar-refractivity contribution in [1.29, 1.82) is 0 Å². The summed E-state index contributed by atoms with van der Waals surface area (Å²) < 4.78 is 26.4. The van der Waals surface area contributed by atoms with Crippen molar-refractivity contribution >= 4 is 15.9 Å². The van der Waals surface area contributed by atoms with Gasteiger partial charge in [0.05, 0.1) is 11.5 Å². The lowest BCUT2D eigenvalue weighted by atomic mass is 10.1. The Kier molecular flexibility index (Phi) is 4.12. The van der Waals surface area contributed by atoms with Crippen LogP contribution >= 0.6 is 0 Å². The first-order valence-electron chi connectivity index (χ1n) is 6.41. The first-order chi connectivity index (χ1) is 9.37. The summed E-state index contributed by atoms with van der Waals surface area (Å²) in [6.45, 7) is 1.88. The van der Waals surface area contributed by atoms with Crippen LogP contribution in [0.1, 0.15) is 28.8 Å². The topological polar surface area (TPSA) is 101 Å². The van der Waals surface area contributed by atoms with Crippen LogP contribution in [0.5, 0.6) is 0 Å². The number of hydrogen-bond donors (Lipinski definition) is 2. The molecule has 0 aromatic heterocycles. The summed E-state index contributed by atoms with van der Waals surface area (Å²) >= 11 is 0. The van der Waals surface area contributed by atoms with E-state index in [1.165, 1.54) is 16.4 Å². The highest BCUT2D eigenvalue weighted by molar-refractivity contribution is 7.89. The molecule has 1 aromatic carbocycles. The lowest BCUT2D eigenvalue weighted by Gasteiger charge is -2.22. The van der Waals surface area contributed by atoms with E-state index in [1.54, 1.807) is 13.0 Å². The van der Waals surface area contributed by atoms with Crippen molar-refractivity contribution in [3.05, 3.63) is 29.3 Å². The van der Waals surface area contributed by atoms with Gasteiger partial charge in [0.15, 0.2) is 0 Å². The van der Waals surface area contributed by atoms with Gasteiger partial charge in [-0.2, -0.15) is 4.31 Å². The summed E-state index contributed by atoms with van der Waals surface area (Å²) in [5.41, 5.74) is 6.08. The van der Waals surface area contributed by atoms with E-state index in [1.807, 2.05) is 0 Å². The van der Waals surface area contributed by atoms with Crippen molar-refractivity contribution in [1.82, 2.24) is 4.31 Å². The Morgan fingerprint density at radius 1 is 1.50 bits per heavy atom. The maximum atomic E-state index is 12.6. The van der Waals surface area contributed by atoms with E-state index in [0.29, 0.717) is 18.5 Å². The predicted octanol–water partition coefficient (Wildman–Crippen LogP) is 0.239. The van der Waals surface area contributed by atoms with E-state index in [9.17, 15) is 18.3 Å². The number of hydrogen-bond acceptors (Lipinski definition) is 4. The molecule has 6 nitrogen and oxygen atoms in total. The number of rotatable bonds is 4. The first kappa shape index (κ1) is 15.0. The molecule has 0 spiro atoms. The van der Waals surface area contributed by atoms with Gasteiger partial charge in [0.25, 0.3) is 0 Å². The van der Waals surface area contributed by atoms with Crippen LogP contribution in [0.4, 0.5) is 0 Å². The van der Waals surface area contributed by atoms with Crippen molar-refractivity contribution in [3.8, 4) is 0 Å². The highest BCUT2D eigenvalue weighted by Crippen LogP contribution is 2.26. The molecule has 110 valence electrons. The second kappa shape index (κ2) is 5.51. The molecular formula is C13H18N2O4S. The SMILES string of the molecule is Cc1ccc(S(=O)(=O)N2CCCC2CO)cc1C(N)=O. The van der Waals surface area contributed by atoms with Crippen molar-refractivity contribution in [3.63, 3.8) is 0 Å². The Labute approximate surface area is 118 Å². The number of carbonyl (C=O) groups excluding carboxylic acids is 1. The molecule has 0 radical (unpaired) electrons. The third-order valence-electron chi connectivity index (χ3n) is 3.61. The zero-order valence-corrected chi connectivity index (χ0v) is 12.1. The number of aryl methyl sites for hydroxylation is 1. The van der Waals surface area contributed by atoms with Gasteiger partial charge >= 0.3 is 0 Å². The van der Waals surface area contributed by atoms with Gasteiger partial charge in [-0.05, 0) is 37.5 Å². The molecule has 3 N–H and O–H groups in total. The molecule has 1 aliphatic rings. The molecule has 7 heteroatoms. The van der Waals surface area contributed by atoms with Gasteiger partial charge in [-0.1, -0.05) is 6.07 Å². The normalized spacial score (nSPS) is 20.2. The van der Waals surface area contributed by atoms with Crippen LogP contribution < -0.4 is 5.73 Å². The lowest BCUT2D eigenvalue weighted by molar-refractivity contribution is 0.0999. The molecule has 2 rings (SSSR count). The van der Waals surface area contributed by atoms with Gasteiger partial charge in [0, 0.05) is 18.2 Å². The van der Waals surface area contributed by atoms with Gasteiger partial charge in [0.1, 0.15) is 0 Å². The van der Waals surface area contributed by atoms with Crippen molar-refractivity contribution < 1.29 is 18.3 Å². The molecule has 1 atom stereocenters. The second-order valence-electron chi connectivity index (χ2n) is 4.94. The van der Waals surface area contributed by atoms with E-state index in [0.717, 1.165) is 6.42 Å². The van der Waals surface area contributed by atoms with E-state index >= 15 is 0 Å². The second-order valence-corrected chi connectivity index (χ2v) is 6.83. The average molecular weight is 298 g/mol. The fourth-order valence-electron chi connectivity index (χ4n) is 2.47. The Bertz CT molecular complexity index is 627. The third-order valence-corrected chi connectivity index (χ3v) is 5.56. The van der Waals surface area contributed by atoms with E-state index < -0.39 is 22.0 Å². The third kappa shape index (κ3) is 2.56. The largest absolute Gasteiger partial charge is 0.395 e. The summed E-state index contributed by atoms with van der Waals surface area (Å²) in [6, 6.07) is 3.94. The summed E-state index contributed by atoms with van der Waals surface area (Å²) in [4.78, 5) is 11.4. The van der Waals surface area contributed by atoms with Crippen LogP contribution in [0.3, 0.4) is 0 Å². The molecule has 1 fully saturated rings. The molecule has 20 heavy (non-hydrogen) atoms. The highest BCUT2D eigenvalue weighted by atomic mass is 32.2. The summed E-state index contributed by atoms with van der Waals surface area (Å²) in [5.74, 6) is -0.653. The van der Waals surface area contributed by atoms with Crippen molar-refractivity contribution in [2.45, 2.75) is 30.7 Å². The van der Waals surface area contributed by atoms with Crippen molar-refractivity contribution in [2.75, 3.05) is 13.2 Å². The zero-order chi connectivity index (χ0) is 14.9. The maximum Gasteiger partial charge on any atom is 0.249 e. The van der Waals surface area contributed by atoms with Crippen molar-refractivity contribution in [2.24, 2.45) is 5.73 Å². The molecule has 1 unspecified atom stereocenters. The summed E-state index contributed by atoms with van der Waals surface area (Å²) in [5, 5.41) is 9.25. The van der Waals surface area contributed by atoms with Crippen LogP contribution in [0.25, 0.3) is 0 Å². The minimum absolute atomic E-state index is 0.0391. The number of sulfonamides is 1. The minimum Gasteiger partial charge on any atom is -0.395 e. The lowest BCUT2D eigenvalue weighted by Crippen LogP contribution is -2.37. The molecular weight excluding hydrogens is 280 g/mol.